The Balaban J connectivity index is 1.13. The quantitative estimate of drug-likeness (QED) is 0.740. The highest BCUT2D eigenvalue weighted by molar-refractivity contribution is 5.84. The molecular weight excluding hydrogens is 402 g/mol. The van der Waals surface area contributed by atoms with Crippen LogP contribution >= 0.6 is 0 Å². The van der Waals surface area contributed by atoms with Gasteiger partial charge in [0.15, 0.2) is 0 Å². The van der Waals surface area contributed by atoms with Crippen molar-refractivity contribution in [3.63, 3.8) is 0 Å². The maximum atomic E-state index is 13.6. The van der Waals surface area contributed by atoms with Gasteiger partial charge in [0, 0.05) is 38.3 Å². The van der Waals surface area contributed by atoms with Gasteiger partial charge >= 0.3 is 0 Å². The van der Waals surface area contributed by atoms with E-state index < -0.39 is 0 Å². The normalized spacial score (nSPS) is 32.6. The zero-order valence-electron chi connectivity index (χ0n) is 19.5. The molecule has 0 spiro atoms. The Morgan fingerprint density at radius 3 is 2.22 bits per heavy atom. The Morgan fingerprint density at radius 2 is 1.62 bits per heavy atom. The lowest BCUT2D eigenvalue weighted by Crippen LogP contribution is -2.60. The van der Waals surface area contributed by atoms with E-state index in [9.17, 15) is 9.59 Å². The van der Waals surface area contributed by atoms with Crippen molar-refractivity contribution in [1.29, 1.82) is 0 Å². The molecule has 4 bridgehead atoms. The van der Waals surface area contributed by atoms with E-state index in [1.807, 2.05) is 31.2 Å². The average Bonchev–Trinajstić information content (AvgIpc) is 2.81. The van der Waals surface area contributed by atoms with Gasteiger partial charge in [-0.05, 0) is 69.3 Å². The molecule has 5 aliphatic rings. The zero-order valence-corrected chi connectivity index (χ0v) is 19.5. The number of ether oxygens (including phenoxy) is 1. The van der Waals surface area contributed by atoms with Crippen LogP contribution in [0.1, 0.15) is 51.0 Å². The molecule has 6 heteroatoms. The van der Waals surface area contributed by atoms with Crippen LogP contribution in [0.5, 0.6) is 5.75 Å². The molecule has 1 aromatic rings. The molecule has 2 amide bonds. The summed E-state index contributed by atoms with van der Waals surface area (Å²) in [7, 11) is 1.65. The van der Waals surface area contributed by atoms with Crippen molar-refractivity contribution in [2.45, 2.75) is 58.0 Å². The Bertz CT molecular complexity index is 826. The molecule has 1 aromatic carbocycles. The second-order valence-electron chi connectivity index (χ2n) is 10.7. The molecular formula is C26H37N3O3. The van der Waals surface area contributed by atoms with Gasteiger partial charge in [-0.1, -0.05) is 18.2 Å². The van der Waals surface area contributed by atoms with Gasteiger partial charge in [0.1, 0.15) is 5.75 Å². The van der Waals surface area contributed by atoms with Gasteiger partial charge in [0.05, 0.1) is 18.6 Å². The SMILES string of the molecule is COc1ccccc1CNC(=O)[C@@H](C)N1CCN(C(=O)C23CC4CC(CC(C4)C2)C3)CC1. The first-order chi connectivity index (χ1) is 15.5. The molecule has 174 valence electrons. The van der Waals surface area contributed by atoms with Crippen LogP contribution in [0.2, 0.25) is 0 Å². The van der Waals surface area contributed by atoms with Crippen molar-refractivity contribution in [1.82, 2.24) is 15.1 Å². The first-order valence-corrected chi connectivity index (χ1v) is 12.4. The number of rotatable bonds is 6. The van der Waals surface area contributed by atoms with Crippen molar-refractivity contribution in [2.75, 3.05) is 33.3 Å². The van der Waals surface area contributed by atoms with Crippen LogP contribution in [-0.4, -0.2) is 60.9 Å². The summed E-state index contributed by atoms with van der Waals surface area (Å²) in [6.45, 7) is 5.43. The highest BCUT2D eigenvalue weighted by atomic mass is 16.5. The lowest BCUT2D eigenvalue weighted by Gasteiger charge is -2.57. The van der Waals surface area contributed by atoms with Crippen LogP contribution in [0.15, 0.2) is 24.3 Å². The highest BCUT2D eigenvalue weighted by Gasteiger charge is 2.55. The zero-order chi connectivity index (χ0) is 22.3. The van der Waals surface area contributed by atoms with Crippen molar-refractivity contribution in [3.8, 4) is 5.75 Å². The lowest BCUT2D eigenvalue weighted by atomic mass is 9.49. The molecule has 1 saturated heterocycles. The van der Waals surface area contributed by atoms with Gasteiger partial charge in [-0.25, -0.2) is 0 Å². The summed E-state index contributed by atoms with van der Waals surface area (Å²) in [5.41, 5.74) is 0.913. The Labute approximate surface area is 191 Å². The van der Waals surface area contributed by atoms with E-state index in [1.165, 1.54) is 19.3 Å². The van der Waals surface area contributed by atoms with Crippen LogP contribution in [0.4, 0.5) is 0 Å². The van der Waals surface area contributed by atoms with E-state index in [1.54, 1.807) is 7.11 Å². The monoisotopic (exact) mass is 439 g/mol. The van der Waals surface area contributed by atoms with Crippen LogP contribution in [0.25, 0.3) is 0 Å². The van der Waals surface area contributed by atoms with Gasteiger partial charge < -0.3 is 15.0 Å². The van der Waals surface area contributed by atoms with E-state index >= 15 is 0 Å². The predicted molar refractivity (Wildman–Crippen MR) is 123 cm³/mol. The molecule has 1 heterocycles. The molecule has 4 aliphatic carbocycles. The number of carbonyl (C=O) groups excluding carboxylic acids is 2. The standard InChI is InChI=1S/C26H37N3O3/c1-18(24(30)27-17-22-5-3-4-6-23(22)32-2)28-7-9-29(10-8-28)25(31)26-14-19-11-20(15-26)13-21(12-19)16-26/h3-6,18-21H,7-17H2,1-2H3,(H,27,30)/t18-,19?,20?,21?,26?/m1/s1. The molecule has 1 aliphatic heterocycles. The fourth-order valence-corrected chi connectivity index (χ4v) is 7.37. The molecule has 1 N–H and O–H groups in total. The Kier molecular flexibility index (Phi) is 5.91. The van der Waals surface area contributed by atoms with E-state index in [0.717, 1.165) is 74.5 Å². The van der Waals surface area contributed by atoms with Crippen LogP contribution in [0.3, 0.4) is 0 Å². The van der Waals surface area contributed by atoms with E-state index in [-0.39, 0.29) is 17.4 Å². The third kappa shape index (κ3) is 4.02. The Hall–Kier alpha value is -2.08. The fourth-order valence-electron chi connectivity index (χ4n) is 7.37. The lowest BCUT2D eigenvalue weighted by molar-refractivity contribution is -0.159. The number of benzene rings is 1. The second kappa shape index (κ2) is 8.69. The predicted octanol–water partition coefficient (Wildman–Crippen LogP) is 3.06. The number of hydrogen-bond acceptors (Lipinski definition) is 4. The molecule has 5 fully saturated rings. The van der Waals surface area contributed by atoms with Crippen LogP contribution in [0, 0.1) is 23.2 Å². The van der Waals surface area contributed by atoms with E-state index in [4.69, 9.17) is 4.74 Å². The number of nitrogens with one attached hydrogen (secondary N) is 1. The van der Waals surface area contributed by atoms with E-state index in [0.29, 0.717) is 12.5 Å². The smallest absolute Gasteiger partial charge is 0.237 e. The number of amides is 2. The van der Waals surface area contributed by atoms with Gasteiger partial charge in [-0.15, -0.1) is 0 Å². The van der Waals surface area contributed by atoms with Crippen molar-refractivity contribution in [3.05, 3.63) is 29.8 Å². The van der Waals surface area contributed by atoms with Crippen LogP contribution in [-0.2, 0) is 16.1 Å². The largest absolute Gasteiger partial charge is 0.496 e. The number of nitrogens with zero attached hydrogens (tertiary/aromatic N) is 2. The molecule has 6 nitrogen and oxygen atoms in total. The van der Waals surface area contributed by atoms with Gasteiger partial charge in [0.2, 0.25) is 11.8 Å². The van der Waals surface area contributed by atoms with Gasteiger partial charge in [-0.3, -0.25) is 14.5 Å². The van der Waals surface area contributed by atoms with E-state index in [2.05, 4.69) is 15.1 Å². The second-order valence-corrected chi connectivity index (χ2v) is 10.7. The Morgan fingerprint density at radius 1 is 1.03 bits per heavy atom. The maximum absolute atomic E-state index is 13.6. The topological polar surface area (TPSA) is 61.9 Å². The minimum Gasteiger partial charge on any atom is -0.496 e. The van der Waals surface area contributed by atoms with Crippen molar-refractivity contribution < 1.29 is 14.3 Å². The summed E-state index contributed by atoms with van der Waals surface area (Å²) in [6, 6.07) is 7.55. The molecule has 4 saturated carbocycles. The first-order valence-electron chi connectivity index (χ1n) is 12.4. The van der Waals surface area contributed by atoms with Gasteiger partial charge in [0.25, 0.3) is 0 Å². The molecule has 32 heavy (non-hydrogen) atoms. The average molecular weight is 440 g/mol. The first kappa shape index (κ1) is 21.7. The molecule has 1 atom stereocenters. The van der Waals surface area contributed by atoms with Crippen LogP contribution < -0.4 is 10.1 Å². The summed E-state index contributed by atoms with van der Waals surface area (Å²) in [6.07, 6.45) is 7.46. The number of carbonyl (C=O) groups is 2. The number of para-hydroxylation sites is 1. The minimum atomic E-state index is -0.207. The van der Waals surface area contributed by atoms with Crippen molar-refractivity contribution >= 4 is 11.8 Å². The minimum absolute atomic E-state index is 0.0248. The summed E-state index contributed by atoms with van der Waals surface area (Å²) in [5.74, 6) is 3.61. The number of methoxy groups -OCH3 is 1. The molecule has 6 rings (SSSR count). The van der Waals surface area contributed by atoms with Crippen molar-refractivity contribution in [2.24, 2.45) is 23.2 Å². The summed E-state index contributed by atoms with van der Waals surface area (Å²) >= 11 is 0. The number of piperazine rings is 1. The third-order valence-corrected chi connectivity index (χ3v) is 8.67. The summed E-state index contributed by atoms with van der Waals surface area (Å²) < 4.78 is 5.38. The van der Waals surface area contributed by atoms with Gasteiger partial charge in [-0.2, -0.15) is 0 Å². The highest BCUT2D eigenvalue weighted by Crippen LogP contribution is 2.60. The molecule has 0 aromatic heterocycles. The molecule has 0 radical (unpaired) electrons. The fraction of sp³-hybridized carbons (Fsp3) is 0.692. The number of hydrogen-bond donors (Lipinski definition) is 1. The maximum Gasteiger partial charge on any atom is 0.237 e. The third-order valence-electron chi connectivity index (χ3n) is 8.67. The summed E-state index contributed by atoms with van der Waals surface area (Å²) in [5, 5.41) is 3.05. The summed E-state index contributed by atoms with van der Waals surface area (Å²) in [4.78, 5) is 30.7. The molecule has 0 unspecified atom stereocenters.